The van der Waals surface area contributed by atoms with Crippen molar-refractivity contribution < 1.29 is 9.47 Å². The number of aryl methyl sites for hydroxylation is 1. The summed E-state index contributed by atoms with van der Waals surface area (Å²) in [6.07, 6.45) is 6.02. The van der Waals surface area contributed by atoms with Gasteiger partial charge in [-0.15, -0.1) is 0 Å². The number of piperidine rings is 1. The van der Waals surface area contributed by atoms with Crippen molar-refractivity contribution >= 4 is 11.3 Å². The first kappa shape index (κ1) is 16.2. The van der Waals surface area contributed by atoms with E-state index in [1.807, 2.05) is 18.5 Å². The van der Waals surface area contributed by atoms with Crippen LogP contribution in [-0.2, 0) is 6.54 Å². The summed E-state index contributed by atoms with van der Waals surface area (Å²) >= 11 is 1.56. The van der Waals surface area contributed by atoms with Gasteiger partial charge in [0, 0.05) is 48.5 Å². The number of pyridine rings is 1. The van der Waals surface area contributed by atoms with Gasteiger partial charge in [0.05, 0.1) is 12.8 Å². The van der Waals surface area contributed by atoms with E-state index in [4.69, 9.17) is 9.47 Å². The van der Waals surface area contributed by atoms with Crippen LogP contribution < -0.4 is 9.47 Å². The summed E-state index contributed by atoms with van der Waals surface area (Å²) in [5, 5.41) is 2.73. The number of ether oxygens (including phenoxy) is 2. The van der Waals surface area contributed by atoms with Crippen molar-refractivity contribution in [1.82, 2.24) is 14.9 Å². The quantitative estimate of drug-likeness (QED) is 0.841. The molecule has 0 saturated carbocycles. The Kier molecular flexibility index (Phi) is 5.13. The summed E-state index contributed by atoms with van der Waals surface area (Å²) in [5.74, 6) is 0.956. The zero-order valence-corrected chi connectivity index (χ0v) is 14.7. The van der Waals surface area contributed by atoms with Crippen molar-refractivity contribution in [2.45, 2.75) is 39.3 Å². The number of rotatable bonds is 5. The predicted octanol–water partition coefficient (Wildman–Crippen LogP) is 3.21. The van der Waals surface area contributed by atoms with Gasteiger partial charge in [-0.25, -0.2) is 4.98 Å². The highest BCUT2D eigenvalue weighted by Crippen LogP contribution is 2.26. The summed E-state index contributed by atoms with van der Waals surface area (Å²) in [5.41, 5.74) is 3.34. The second-order valence-corrected chi connectivity index (χ2v) is 6.79. The molecule has 6 heteroatoms. The highest BCUT2D eigenvalue weighted by Gasteiger charge is 2.22. The lowest BCUT2D eigenvalue weighted by Gasteiger charge is -2.31. The Labute approximate surface area is 141 Å². The standard InChI is InChI=1S/C17H23N3O2S/c1-12-10-19-15(13(2)16(12)21-3)11-20-7-4-14(5-8-20)22-17-18-6-9-23-17/h6,9-10,14H,4-5,7-8,11H2,1-3H3. The molecular formula is C17H23N3O2S. The van der Waals surface area contributed by atoms with E-state index in [1.165, 1.54) is 0 Å². The summed E-state index contributed by atoms with van der Waals surface area (Å²) in [6, 6.07) is 0. The highest BCUT2D eigenvalue weighted by atomic mass is 32.1. The molecular weight excluding hydrogens is 310 g/mol. The van der Waals surface area contributed by atoms with E-state index in [2.05, 4.69) is 21.8 Å². The zero-order chi connectivity index (χ0) is 16.2. The molecule has 2 aromatic rings. The predicted molar refractivity (Wildman–Crippen MR) is 91.3 cm³/mol. The summed E-state index contributed by atoms with van der Waals surface area (Å²) in [4.78, 5) is 11.2. The monoisotopic (exact) mass is 333 g/mol. The van der Waals surface area contributed by atoms with Crippen LogP contribution in [0, 0.1) is 13.8 Å². The van der Waals surface area contributed by atoms with Crippen molar-refractivity contribution in [3.63, 3.8) is 0 Å². The smallest absolute Gasteiger partial charge is 0.273 e. The van der Waals surface area contributed by atoms with E-state index in [0.29, 0.717) is 0 Å². The SMILES string of the molecule is COc1c(C)cnc(CN2CCC(Oc3nccs3)CC2)c1C. The first-order chi connectivity index (χ1) is 11.2. The van der Waals surface area contributed by atoms with Gasteiger partial charge in [-0.2, -0.15) is 0 Å². The third-order valence-corrected chi connectivity index (χ3v) is 5.00. The van der Waals surface area contributed by atoms with Crippen molar-refractivity contribution in [3.05, 3.63) is 34.6 Å². The maximum Gasteiger partial charge on any atom is 0.273 e. The number of nitrogens with zero attached hydrogens (tertiary/aromatic N) is 3. The molecule has 0 aromatic carbocycles. The Morgan fingerprint density at radius 3 is 2.70 bits per heavy atom. The summed E-state index contributed by atoms with van der Waals surface area (Å²) < 4.78 is 11.4. The van der Waals surface area contributed by atoms with Gasteiger partial charge in [-0.1, -0.05) is 11.3 Å². The fraction of sp³-hybridized carbons (Fsp3) is 0.529. The molecule has 0 spiro atoms. The lowest BCUT2D eigenvalue weighted by Crippen LogP contribution is -2.38. The Bertz CT molecular complexity index is 638. The molecule has 0 unspecified atom stereocenters. The number of hydrogen-bond acceptors (Lipinski definition) is 6. The van der Waals surface area contributed by atoms with E-state index >= 15 is 0 Å². The van der Waals surface area contributed by atoms with Crippen LogP contribution >= 0.6 is 11.3 Å². The van der Waals surface area contributed by atoms with Gasteiger partial charge in [0.1, 0.15) is 11.9 Å². The van der Waals surface area contributed by atoms with Gasteiger partial charge in [-0.05, 0) is 26.7 Å². The number of methoxy groups -OCH3 is 1. The molecule has 1 aliphatic heterocycles. The van der Waals surface area contributed by atoms with Gasteiger partial charge < -0.3 is 9.47 Å². The normalized spacial score (nSPS) is 16.5. The maximum atomic E-state index is 5.91. The first-order valence-electron chi connectivity index (χ1n) is 7.95. The van der Waals surface area contributed by atoms with Gasteiger partial charge >= 0.3 is 0 Å². The van der Waals surface area contributed by atoms with Crippen molar-refractivity contribution in [3.8, 4) is 10.9 Å². The summed E-state index contributed by atoms with van der Waals surface area (Å²) in [6.45, 7) is 7.03. The Morgan fingerprint density at radius 1 is 1.26 bits per heavy atom. The van der Waals surface area contributed by atoms with E-state index in [9.17, 15) is 0 Å². The van der Waals surface area contributed by atoms with Crippen LogP contribution in [0.3, 0.4) is 0 Å². The van der Waals surface area contributed by atoms with Crippen LogP contribution in [0.5, 0.6) is 10.9 Å². The molecule has 0 atom stereocenters. The Hall–Kier alpha value is -1.66. The molecule has 2 aromatic heterocycles. The maximum absolute atomic E-state index is 5.91. The minimum absolute atomic E-state index is 0.277. The van der Waals surface area contributed by atoms with Gasteiger partial charge in [0.25, 0.3) is 5.19 Å². The molecule has 1 saturated heterocycles. The average molecular weight is 333 g/mol. The lowest BCUT2D eigenvalue weighted by molar-refractivity contribution is 0.0957. The Balaban J connectivity index is 1.56. The lowest BCUT2D eigenvalue weighted by atomic mass is 10.1. The topological polar surface area (TPSA) is 47.5 Å². The van der Waals surface area contributed by atoms with Crippen LogP contribution in [0.15, 0.2) is 17.8 Å². The molecule has 0 N–H and O–H groups in total. The molecule has 0 amide bonds. The van der Waals surface area contributed by atoms with Gasteiger partial charge in [-0.3, -0.25) is 9.88 Å². The van der Waals surface area contributed by atoms with E-state index in [1.54, 1.807) is 24.6 Å². The van der Waals surface area contributed by atoms with Gasteiger partial charge in [0.2, 0.25) is 0 Å². The Morgan fingerprint density at radius 2 is 2.04 bits per heavy atom. The fourth-order valence-corrected chi connectivity index (χ4v) is 3.59. The molecule has 23 heavy (non-hydrogen) atoms. The average Bonchev–Trinajstić information content (AvgIpc) is 3.05. The van der Waals surface area contributed by atoms with E-state index in [-0.39, 0.29) is 6.10 Å². The first-order valence-corrected chi connectivity index (χ1v) is 8.83. The third kappa shape index (κ3) is 3.82. The number of likely N-dealkylation sites (tertiary alicyclic amines) is 1. The van der Waals surface area contributed by atoms with Crippen molar-refractivity contribution in [1.29, 1.82) is 0 Å². The molecule has 124 valence electrons. The van der Waals surface area contributed by atoms with E-state index < -0.39 is 0 Å². The number of hydrogen-bond donors (Lipinski definition) is 0. The van der Waals surface area contributed by atoms with Crippen LogP contribution in [0.4, 0.5) is 0 Å². The van der Waals surface area contributed by atoms with Crippen LogP contribution in [0.25, 0.3) is 0 Å². The van der Waals surface area contributed by atoms with Crippen molar-refractivity contribution in [2.75, 3.05) is 20.2 Å². The third-order valence-electron chi connectivity index (χ3n) is 4.33. The molecule has 0 bridgehead atoms. The van der Waals surface area contributed by atoms with Gasteiger partial charge in [0.15, 0.2) is 0 Å². The van der Waals surface area contributed by atoms with Crippen molar-refractivity contribution in [2.24, 2.45) is 0 Å². The second-order valence-electron chi connectivity index (χ2n) is 5.94. The fourth-order valence-electron chi connectivity index (χ4n) is 3.04. The molecule has 1 fully saturated rings. The largest absolute Gasteiger partial charge is 0.496 e. The highest BCUT2D eigenvalue weighted by molar-refractivity contribution is 7.11. The molecule has 5 nitrogen and oxygen atoms in total. The number of aromatic nitrogens is 2. The molecule has 3 rings (SSSR count). The van der Waals surface area contributed by atoms with Crippen LogP contribution in [0.1, 0.15) is 29.7 Å². The molecule has 0 radical (unpaired) electrons. The minimum atomic E-state index is 0.277. The molecule has 3 heterocycles. The zero-order valence-electron chi connectivity index (χ0n) is 13.9. The van der Waals surface area contributed by atoms with Crippen LogP contribution in [-0.4, -0.2) is 41.2 Å². The summed E-state index contributed by atoms with van der Waals surface area (Å²) in [7, 11) is 1.72. The number of thiazole rings is 1. The molecule has 0 aliphatic carbocycles. The molecule has 1 aliphatic rings. The van der Waals surface area contributed by atoms with E-state index in [0.717, 1.165) is 60.2 Å². The minimum Gasteiger partial charge on any atom is -0.496 e. The second kappa shape index (κ2) is 7.27. The van der Waals surface area contributed by atoms with Crippen LogP contribution in [0.2, 0.25) is 0 Å².